The van der Waals surface area contributed by atoms with Gasteiger partial charge >= 0.3 is 0 Å². The summed E-state index contributed by atoms with van der Waals surface area (Å²) in [6.07, 6.45) is 4.30. The zero-order valence-electron chi connectivity index (χ0n) is 13.7. The molecule has 0 spiro atoms. The van der Waals surface area contributed by atoms with Crippen molar-refractivity contribution in [2.45, 2.75) is 31.6 Å². The lowest BCUT2D eigenvalue weighted by Gasteiger charge is -2.31. The van der Waals surface area contributed by atoms with Crippen LogP contribution in [0.2, 0.25) is 0 Å². The number of carbonyl (C=O) groups is 1. The van der Waals surface area contributed by atoms with Crippen LogP contribution in [0.25, 0.3) is 0 Å². The van der Waals surface area contributed by atoms with E-state index in [1.165, 1.54) is 11.8 Å². The third-order valence-electron chi connectivity index (χ3n) is 4.28. The molecule has 0 aliphatic heterocycles. The van der Waals surface area contributed by atoms with E-state index in [2.05, 4.69) is 23.3 Å². The molecule has 0 saturated carbocycles. The van der Waals surface area contributed by atoms with E-state index in [-0.39, 0.29) is 29.3 Å². The first-order valence-corrected chi connectivity index (χ1v) is 9.90. The number of sulfone groups is 1. The summed E-state index contributed by atoms with van der Waals surface area (Å²) < 4.78 is 27.6. The van der Waals surface area contributed by atoms with E-state index in [0.717, 1.165) is 24.7 Å². The van der Waals surface area contributed by atoms with Gasteiger partial charge in [-0.05, 0) is 29.9 Å². The molecule has 2 aromatic rings. The molecule has 6 nitrogen and oxygen atoms in total. The highest BCUT2D eigenvalue weighted by atomic mass is 32.2. The van der Waals surface area contributed by atoms with Gasteiger partial charge in [0, 0.05) is 6.26 Å². The second-order valence-electron chi connectivity index (χ2n) is 6.36. The SMILES string of the molecule is C[C@H]1CCc2ccccc2[C@H]1NC(=O)c1coc(CS(C)(=O)=O)n1. The molecular weight excluding hydrogens is 328 g/mol. The van der Waals surface area contributed by atoms with Crippen LogP contribution < -0.4 is 5.32 Å². The average molecular weight is 348 g/mol. The summed E-state index contributed by atoms with van der Waals surface area (Å²) >= 11 is 0. The number of rotatable bonds is 4. The van der Waals surface area contributed by atoms with Crippen molar-refractivity contribution in [3.05, 3.63) is 53.2 Å². The van der Waals surface area contributed by atoms with Crippen molar-refractivity contribution < 1.29 is 17.6 Å². The summed E-state index contributed by atoms with van der Waals surface area (Å²) in [6, 6.07) is 8.01. The predicted octanol–water partition coefficient (Wildman–Crippen LogP) is 2.27. The van der Waals surface area contributed by atoms with Gasteiger partial charge in [-0.3, -0.25) is 4.79 Å². The summed E-state index contributed by atoms with van der Waals surface area (Å²) in [7, 11) is -3.25. The maximum absolute atomic E-state index is 12.5. The fourth-order valence-electron chi connectivity index (χ4n) is 3.06. The topological polar surface area (TPSA) is 89.3 Å². The summed E-state index contributed by atoms with van der Waals surface area (Å²) in [6.45, 7) is 2.11. The standard InChI is InChI=1S/C17H20N2O4S/c1-11-7-8-12-5-3-4-6-13(12)16(11)19-17(20)14-9-23-15(18-14)10-24(2,21)22/h3-6,9,11,16H,7-8,10H2,1-2H3,(H,19,20)/t11-,16-/m0/s1. The Balaban J connectivity index is 1.78. The molecule has 1 N–H and O–H groups in total. The van der Waals surface area contributed by atoms with Crippen LogP contribution in [0.5, 0.6) is 0 Å². The minimum atomic E-state index is -3.25. The molecule has 7 heteroatoms. The highest BCUT2D eigenvalue weighted by Gasteiger charge is 2.28. The van der Waals surface area contributed by atoms with Gasteiger partial charge < -0.3 is 9.73 Å². The lowest BCUT2D eigenvalue weighted by Crippen LogP contribution is -2.35. The first-order valence-electron chi connectivity index (χ1n) is 7.84. The molecule has 128 valence electrons. The van der Waals surface area contributed by atoms with Crippen LogP contribution in [-0.2, 0) is 22.0 Å². The van der Waals surface area contributed by atoms with Crippen molar-refractivity contribution in [1.82, 2.24) is 10.3 Å². The van der Waals surface area contributed by atoms with Crippen LogP contribution in [0.3, 0.4) is 0 Å². The molecule has 1 amide bonds. The zero-order valence-corrected chi connectivity index (χ0v) is 14.5. The number of hydrogen-bond donors (Lipinski definition) is 1. The van der Waals surface area contributed by atoms with Gasteiger partial charge in [0.1, 0.15) is 12.0 Å². The Labute approximate surface area is 141 Å². The van der Waals surface area contributed by atoms with E-state index < -0.39 is 9.84 Å². The maximum Gasteiger partial charge on any atom is 0.273 e. The number of fused-ring (bicyclic) bond motifs is 1. The summed E-state index contributed by atoms with van der Waals surface area (Å²) in [4.78, 5) is 16.4. The van der Waals surface area contributed by atoms with Gasteiger partial charge in [0.05, 0.1) is 6.04 Å². The monoisotopic (exact) mass is 348 g/mol. The number of oxazole rings is 1. The smallest absolute Gasteiger partial charge is 0.273 e. The number of aromatic nitrogens is 1. The Hall–Kier alpha value is -2.15. The Bertz CT molecular complexity index is 857. The highest BCUT2D eigenvalue weighted by Crippen LogP contribution is 2.34. The van der Waals surface area contributed by atoms with E-state index in [1.807, 2.05) is 18.2 Å². The van der Waals surface area contributed by atoms with E-state index in [9.17, 15) is 13.2 Å². The molecule has 0 saturated heterocycles. The number of amides is 1. The van der Waals surface area contributed by atoms with E-state index in [4.69, 9.17) is 4.42 Å². The Morgan fingerprint density at radius 3 is 2.88 bits per heavy atom. The minimum absolute atomic E-state index is 0.0275. The third kappa shape index (κ3) is 3.67. The summed E-state index contributed by atoms with van der Waals surface area (Å²) in [5.74, 6) is -0.332. The number of benzene rings is 1. The second-order valence-corrected chi connectivity index (χ2v) is 8.50. The lowest BCUT2D eigenvalue weighted by molar-refractivity contribution is 0.0914. The number of hydrogen-bond acceptors (Lipinski definition) is 5. The van der Waals surface area contributed by atoms with Crippen LogP contribution in [0, 0.1) is 5.92 Å². The van der Waals surface area contributed by atoms with E-state index >= 15 is 0 Å². The Kier molecular flexibility index (Phi) is 4.45. The van der Waals surface area contributed by atoms with Crippen LogP contribution in [-0.4, -0.2) is 25.6 Å². The first-order chi connectivity index (χ1) is 11.3. The highest BCUT2D eigenvalue weighted by molar-refractivity contribution is 7.89. The molecule has 1 heterocycles. The molecule has 1 aliphatic rings. The number of carbonyl (C=O) groups excluding carboxylic acids is 1. The molecular formula is C17H20N2O4S. The molecule has 0 radical (unpaired) electrons. The van der Waals surface area contributed by atoms with Crippen molar-refractivity contribution in [3.8, 4) is 0 Å². The fourth-order valence-corrected chi connectivity index (χ4v) is 3.64. The molecule has 3 rings (SSSR count). The molecule has 0 unspecified atom stereocenters. The molecule has 1 aromatic heterocycles. The lowest BCUT2D eigenvalue weighted by atomic mass is 9.80. The van der Waals surface area contributed by atoms with Crippen molar-refractivity contribution >= 4 is 15.7 Å². The van der Waals surface area contributed by atoms with Gasteiger partial charge in [-0.1, -0.05) is 31.2 Å². The number of nitrogens with zero attached hydrogens (tertiary/aromatic N) is 1. The quantitative estimate of drug-likeness (QED) is 0.915. The van der Waals surface area contributed by atoms with Crippen LogP contribution in [0.1, 0.15) is 46.9 Å². The van der Waals surface area contributed by atoms with Gasteiger partial charge in [-0.15, -0.1) is 0 Å². The Morgan fingerprint density at radius 2 is 2.12 bits per heavy atom. The Morgan fingerprint density at radius 1 is 1.38 bits per heavy atom. The third-order valence-corrected chi connectivity index (χ3v) is 5.06. The summed E-state index contributed by atoms with van der Waals surface area (Å²) in [5.41, 5.74) is 2.48. The van der Waals surface area contributed by atoms with Gasteiger partial charge in [0.15, 0.2) is 15.5 Å². The first kappa shape index (κ1) is 16.7. The average Bonchev–Trinajstić information content (AvgIpc) is 2.96. The largest absolute Gasteiger partial charge is 0.447 e. The van der Waals surface area contributed by atoms with Gasteiger partial charge in [0.25, 0.3) is 5.91 Å². The van der Waals surface area contributed by atoms with Crippen LogP contribution in [0.4, 0.5) is 0 Å². The van der Waals surface area contributed by atoms with Crippen molar-refractivity contribution in [1.29, 1.82) is 0 Å². The van der Waals surface area contributed by atoms with Crippen molar-refractivity contribution in [2.75, 3.05) is 6.26 Å². The number of nitrogens with one attached hydrogen (secondary N) is 1. The van der Waals surface area contributed by atoms with Gasteiger partial charge in [-0.2, -0.15) is 0 Å². The number of aryl methyl sites for hydroxylation is 1. The molecule has 2 atom stereocenters. The molecule has 0 fully saturated rings. The predicted molar refractivity (Wildman–Crippen MR) is 89.2 cm³/mol. The zero-order chi connectivity index (χ0) is 17.3. The minimum Gasteiger partial charge on any atom is -0.447 e. The van der Waals surface area contributed by atoms with Crippen LogP contribution in [0.15, 0.2) is 34.9 Å². The second kappa shape index (κ2) is 6.39. The van der Waals surface area contributed by atoms with Gasteiger partial charge in [0.2, 0.25) is 5.89 Å². The maximum atomic E-state index is 12.5. The fraction of sp³-hybridized carbons (Fsp3) is 0.412. The van der Waals surface area contributed by atoms with E-state index in [0.29, 0.717) is 5.92 Å². The normalized spacial score (nSPS) is 20.4. The van der Waals surface area contributed by atoms with Crippen LogP contribution >= 0.6 is 0 Å². The van der Waals surface area contributed by atoms with Gasteiger partial charge in [-0.25, -0.2) is 13.4 Å². The van der Waals surface area contributed by atoms with E-state index in [1.54, 1.807) is 0 Å². The summed E-state index contributed by atoms with van der Waals surface area (Å²) in [5, 5.41) is 3.01. The molecule has 1 aliphatic carbocycles. The molecule has 0 bridgehead atoms. The molecule has 24 heavy (non-hydrogen) atoms. The van der Waals surface area contributed by atoms with Crippen molar-refractivity contribution in [3.63, 3.8) is 0 Å². The molecule has 1 aromatic carbocycles. The van der Waals surface area contributed by atoms with Crippen molar-refractivity contribution in [2.24, 2.45) is 5.92 Å².